The van der Waals surface area contributed by atoms with Gasteiger partial charge in [-0.2, -0.15) is 0 Å². The van der Waals surface area contributed by atoms with Crippen LogP contribution in [0.4, 0.5) is 0 Å². The smallest absolute Gasteiger partial charge is 0.0541 e. The third-order valence-corrected chi connectivity index (χ3v) is 8.51. The molecule has 3 aromatic heterocycles. The SMILES string of the molecule is C1=Cc2c(n(-c3ccc4[nH]c5ccc(-n6c7ccccc7c7ccccc76)cc5c4c3)c3ccccc23)CC1. The fourth-order valence-electron chi connectivity index (χ4n) is 6.82. The standard InChI is InChI=1S/C36H25N3/c1-5-13-33-25(9-1)26-10-2-6-14-34(26)38(33)23-17-19-31-29(21-23)30-22-24(18-20-32(30)37-31)39-35-15-7-3-11-27(35)28-12-4-8-16-36(28)39/h1-7,9-15,17-22,37H,8,16H2. The third kappa shape index (κ3) is 2.87. The summed E-state index contributed by atoms with van der Waals surface area (Å²) >= 11 is 0. The van der Waals surface area contributed by atoms with Gasteiger partial charge in [-0.25, -0.2) is 0 Å². The summed E-state index contributed by atoms with van der Waals surface area (Å²) in [5.74, 6) is 0. The molecule has 0 atom stereocenters. The van der Waals surface area contributed by atoms with E-state index in [4.69, 9.17) is 0 Å². The van der Waals surface area contributed by atoms with E-state index in [9.17, 15) is 0 Å². The average Bonchev–Trinajstić information content (AvgIpc) is 3.64. The molecule has 0 bridgehead atoms. The van der Waals surface area contributed by atoms with E-state index in [1.807, 2.05) is 0 Å². The highest BCUT2D eigenvalue weighted by molar-refractivity contribution is 6.11. The molecule has 0 saturated carbocycles. The second-order valence-electron chi connectivity index (χ2n) is 10.6. The Labute approximate surface area is 225 Å². The first-order valence-corrected chi connectivity index (χ1v) is 13.7. The molecule has 0 saturated heterocycles. The second-order valence-corrected chi connectivity index (χ2v) is 10.6. The minimum atomic E-state index is 1.06. The van der Waals surface area contributed by atoms with Crippen molar-refractivity contribution in [1.82, 2.24) is 14.1 Å². The van der Waals surface area contributed by atoms with Gasteiger partial charge in [0.2, 0.25) is 0 Å². The Balaban J connectivity index is 1.31. The van der Waals surface area contributed by atoms with Gasteiger partial charge in [0.15, 0.2) is 0 Å². The Bertz CT molecular complexity index is 2230. The van der Waals surface area contributed by atoms with Crippen LogP contribution < -0.4 is 0 Å². The number of hydrogen-bond acceptors (Lipinski definition) is 0. The quantitative estimate of drug-likeness (QED) is 0.245. The topological polar surface area (TPSA) is 25.6 Å². The van der Waals surface area contributed by atoms with Gasteiger partial charge in [0.25, 0.3) is 0 Å². The molecule has 3 heteroatoms. The van der Waals surface area contributed by atoms with Crippen LogP contribution in [0, 0.1) is 0 Å². The third-order valence-electron chi connectivity index (χ3n) is 8.51. The fraction of sp³-hybridized carbons (Fsp3) is 0.0556. The van der Waals surface area contributed by atoms with E-state index >= 15 is 0 Å². The van der Waals surface area contributed by atoms with Gasteiger partial charge in [0.05, 0.1) is 16.6 Å². The lowest BCUT2D eigenvalue weighted by molar-refractivity contribution is 0.889. The van der Waals surface area contributed by atoms with Crippen molar-refractivity contribution in [1.29, 1.82) is 0 Å². The fourth-order valence-corrected chi connectivity index (χ4v) is 6.82. The van der Waals surface area contributed by atoms with Gasteiger partial charge in [0, 0.05) is 60.6 Å². The monoisotopic (exact) mass is 499 g/mol. The van der Waals surface area contributed by atoms with Crippen molar-refractivity contribution in [3.05, 3.63) is 127 Å². The second kappa shape index (κ2) is 7.75. The van der Waals surface area contributed by atoms with Crippen LogP contribution in [0.15, 0.2) is 115 Å². The lowest BCUT2D eigenvalue weighted by atomic mass is 10.0. The molecule has 0 fully saturated rings. The minimum Gasteiger partial charge on any atom is -0.355 e. The minimum absolute atomic E-state index is 1.06. The summed E-state index contributed by atoms with van der Waals surface area (Å²) in [7, 11) is 0. The van der Waals surface area contributed by atoms with E-state index in [1.165, 1.54) is 71.6 Å². The van der Waals surface area contributed by atoms with Crippen LogP contribution in [-0.2, 0) is 6.42 Å². The van der Waals surface area contributed by atoms with Crippen LogP contribution in [0.1, 0.15) is 17.7 Å². The molecule has 0 radical (unpaired) electrons. The van der Waals surface area contributed by atoms with Crippen molar-refractivity contribution in [2.45, 2.75) is 12.8 Å². The first-order valence-electron chi connectivity index (χ1n) is 13.7. The average molecular weight is 500 g/mol. The van der Waals surface area contributed by atoms with Gasteiger partial charge >= 0.3 is 0 Å². The normalized spacial score (nSPS) is 13.3. The van der Waals surface area contributed by atoms with E-state index in [1.54, 1.807) is 0 Å². The largest absolute Gasteiger partial charge is 0.355 e. The highest BCUT2D eigenvalue weighted by atomic mass is 15.0. The summed E-state index contributed by atoms with van der Waals surface area (Å²) < 4.78 is 4.87. The number of aromatic amines is 1. The van der Waals surface area contributed by atoms with Crippen LogP contribution in [0.5, 0.6) is 0 Å². The number of nitrogens with one attached hydrogen (secondary N) is 1. The molecule has 184 valence electrons. The summed E-state index contributed by atoms with van der Waals surface area (Å²) in [5, 5.41) is 6.40. The molecule has 9 rings (SSSR count). The van der Waals surface area contributed by atoms with Gasteiger partial charge < -0.3 is 14.1 Å². The van der Waals surface area contributed by atoms with Gasteiger partial charge in [-0.1, -0.05) is 66.7 Å². The molecule has 1 aliphatic rings. The Hall–Kier alpha value is -5.02. The lowest BCUT2D eigenvalue weighted by Crippen LogP contribution is -2.02. The van der Waals surface area contributed by atoms with E-state index in [0.717, 1.165) is 18.4 Å². The van der Waals surface area contributed by atoms with Crippen LogP contribution in [0.3, 0.4) is 0 Å². The van der Waals surface area contributed by atoms with E-state index in [-0.39, 0.29) is 0 Å². The Morgan fingerprint density at radius 2 is 1.05 bits per heavy atom. The molecule has 3 heterocycles. The molecule has 8 aromatic rings. The van der Waals surface area contributed by atoms with Crippen molar-refractivity contribution in [3.8, 4) is 11.4 Å². The lowest BCUT2D eigenvalue weighted by Gasteiger charge is -2.13. The summed E-state index contributed by atoms with van der Waals surface area (Å²) in [6, 6.07) is 39.9. The molecule has 0 unspecified atom stereocenters. The number of H-pyrrole nitrogens is 1. The first kappa shape index (κ1) is 21.0. The van der Waals surface area contributed by atoms with Crippen molar-refractivity contribution < 1.29 is 0 Å². The maximum Gasteiger partial charge on any atom is 0.0541 e. The van der Waals surface area contributed by atoms with Gasteiger partial charge in [-0.15, -0.1) is 0 Å². The Kier molecular flexibility index (Phi) is 4.17. The predicted molar refractivity (Wildman–Crippen MR) is 164 cm³/mol. The molecular formula is C36H25N3. The molecule has 0 aliphatic heterocycles. The van der Waals surface area contributed by atoms with Crippen LogP contribution >= 0.6 is 0 Å². The van der Waals surface area contributed by atoms with Crippen LogP contribution in [-0.4, -0.2) is 14.1 Å². The highest BCUT2D eigenvalue weighted by Gasteiger charge is 2.19. The maximum atomic E-state index is 3.67. The van der Waals surface area contributed by atoms with E-state index in [0.29, 0.717) is 0 Å². The molecule has 1 aliphatic carbocycles. The number of fused-ring (bicyclic) bond motifs is 9. The number of para-hydroxylation sites is 3. The highest BCUT2D eigenvalue weighted by Crippen LogP contribution is 2.37. The molecule has 3 nitrogen and oxygen atoms in total. The van der Waals surface area contributed by atoms with Crippen LogP contribution in [0.2, 0.25) is 0 Å². The zero-order valence-corrected chi connectivity index (χ0v) is 21.4. The number of benzene rings is 5. The Morgan fingerprint density at radius 1 is 0.513 bits per heavy atom. The number of nitrogens with zero attached hydrogens (tertiary/aromatic N) is 2. The molecule has 5 aromatic carbocycles. The predicted octanol–water partition coefficient (Wildman–Crippen LogP) is 9.32. The number of allylic oxidation sites excluding steroid dienone is 1. The van der Waals surface area contributed by atoms with Crippen molar-refractivity contribution >= 4 is 60.6 Å². The van der Waals surface area contributed by atoms with Crippen molar-refractivity contribution in [2.75, 3.05) is 0 Å². The van der Waals surface area contributed by atoms with Gasteiger partial charge in [-0.3, -0.25) is 0 Å². The summed E-state index contributed by atoms with van der Waals surface area (Å²) in [6.45, 7) is 0. The molecule has 39 heavy (non-hydrogen) atoms. The maximum absolute atomic E-state index is 3.67. The van der Waals surface area contributed by atoms with E-state index in [2.05, 4.69) is 135 Å². The van der Waals surface area contributed by atoms with E-state index < -0.39 is 0 Å². The van der Waals surface area contributed by atoms with Crippen molar-refractivity contribution in [2.24, 2.45) is 0 Å². The number of rotatable bonds is 2. The molecule has 0 spiro atoms. The first-order chi connectivity index (χ1) is 19.3. The zero-order chi connectivity index (χ0) is 25.5. The zero-order valence-electron chi connectivity index (χ0n) is 21.4. The number of aromatic nitrogens is 3. The summed E-state index contributed by atoms with van der Waals surface area (Å²) in [4.78, 5) is 3.67. The Morgan fingerprint density at radius 3 is 1.69 bits per heavy atom. The molecule has 0 amide bonds. The summed E-state index contributed by atoms with van der Waals surface area (Å²) in [5.41, 5.74) is 11.2. The van der Waals surface area contributed by atoms with Gasteiger partial charge in [0.1, 0.15) is 0 Å². The molecule has 1 N–H and O–H groups in total. The molecular weight excluding hydrogens is 474 g/mol. The van der Waals surface area contributed by atoms with Crippen molar-refractivity contribution in [3.63, 3.8) is 0 Å². The van der Waals surface area contributed by atoms with Gasteiger partial charge in [-0.05, 0) is 67.4 Å². The number of hydrogen-bond donors (Lipinski definition) is 1. The summed E-state index contributed by atoms with van der Waals surface area (Å²) in [6.07, 6.45) is 6.75. The van der Waals surface area contributed by atoms with Crippen LogP contribution in [0.25, 0.3) is 72.0 Å².